The van der Waals surface area contributed by atoms with Crippen molar-refractivity contribution in [3.8, 4) is 5.75 Å². The van der Waals surface area contributed by atoms with Crippen molar-refractivity contribution >= 4 is 23.5 Å². The standard InChI is InChI=1S/C36H58N4O6/c1-25-22-40(26(2)24-41)35(43)31-21-30(38-36(44)37-29-16-9-6-10-17-29)18-19-32(31)46-27(3)13-11-12-20-45-33(25)23-39(4)34(42)28-14-7-5-8-15-28/h18-19,21,25-29,33,41H,5-17,20,22-24H2,1-4H3,(H2,37,38,44)/t25-,26-,27+,33-/m0/s1. The number of carbonyl (C=O) groups excluding carboxylic acids is 3. The molecule has 1 aromatic carbocycles. The van der Waals surface area contributed by atoms with Gasteiger partial charge in [-0.3, -0.25) is 9.59 Å². The normalized spacial score (nSPS) is 25.0. The molecule has 258 valence electrons. The molecule has 2 fully saturated rings. The van der Waals surface area contributed by atoms with Gasteiger partial charge in [-0.25, -0.2) is 4.79 Å². The van der Waals surface area contributed by atoms with Crippen molar-refractivity contribution in [2.24, 2.45) is 11.8 Å². The van der Waals surface area contributed by atoms with E-state index in [4.69, 9.17) is 9.47 Å². The summed E-state index contributed by atoms with van der Waals surface area (Å²) in [6.07, 6.45) is 12.8. The van der Waals surface area contributed by atoms with E-state index in [2.05, 4.69) is 10.6 Å². The molecule has 3 aliphatic rings. The minimum Gasteiger partial charge on any atom is -0.490 e. The molecule has 4 rings (SSSR count). The summed E-state index contributed by atoms with van der Waals surface area (Å²) in [4.78, 5) is 44.1. The number of hydrogen-bond acceptors (Lipinski definition) is 6. The molecule has 4 atom stereocenters. The molecule has 2 aliphatic carbocycles. The second-order valence-corrected chi connectivity index (χ2v) is 14.0. The van der Waals surface area contributed by atoms with Crippen LogP contribution in [0.2, 0.25) is 0 Å². The molecule has 1 aromatic rings. The molecule has 0 saturated heterocycles. The van der Waals surface area contributed by atoms with E-state index >= 15 is 0 Å². The fourth-order valence-corrected chi connectivity index (χ4v) is 7.08. The average Bonchev–Trinajstić information content (AvgIpc) is 3.06. The van der Waals surface area contributed by atoms with E-state index in [-0.39, 0.29) is 54.5 Å². The van der Waals surface area contributed by atoms with Crippen LogP contribution in [0.15, 0.2) is 18.2 Å². The number of aliphatic hydroxyl groups excluding tert-OH is 1. The minimum absolute atomic E-state index is 0.0746. The summed E-state index contributed by atoms with van der Waals surface area (Å²) in [6.45, 7) is 7.00. The van der Waals surface area contributed by atoms with Crippen LogP contribution in [0.5, 0.6) is 5.75 Å². The molecule has 1 aliphatic heterocycles. The van der Waals surface area contributed by atoms with Crippen molar-refractivity contribution < 1.29 is 29.0 Å². The number of anilines is 1. The van der Waals surface area contributed by atoms with Crippen molar-refractivity contribution in [2.75, 3.05) is 38.7 Å². The van der Waals surface area contributed by atoms with Gasteiger partial charge in [-0.2, -0.15) is 0 Å². The number of ether oxygens (including phenoxy) is 2. The minimum atomic E-state index is -0.471. The first kappa shape index (κ1) is 36.0. The zero-order chi connectivity index (χ0) is 33.1. The van der Waals surface area contributed by atoms with Gasteiger partial charge in [0.25, 0.3) is 5.91 Å². The van der Waals surface area contributed by atoms with Crippen molar-refractivity contribution in [1.29, 1.82) is 0 Å². The summed E-state index contributed by atoms with van der Waals surface area (Å²) in [5.41, 5.74) is 0.848. The van der Waals surface area contributed by atoms with Crippen molar-refractivity contribution in [1.82, 2.24) is 15.1 Å². The number of benzene rings is 1. The topological polar surface area (TPSA) is 120 Å². The number of nitrogens with zero attached hydrogens (tertiary/aromatic N) is 2. The van der Waals surface area contributed by atoms with Crippen molar-refractivity contribution in [2.45, 2.75) is 129 Å². The monoisotopic (exact) mass is 642 g/mol. The number of likely N-dealkylation sites (N-methyl/N-ethyl adjacent to an activating group) is 1. The number of fused-ring (bicyclic) bond motifs is 1. The lowest BCUT2D eigenvalue weighted by Crippen LogP contribution is -2.48. The Hall–Kier alpha value is -2.85. The zero-order valence-corrected chi connectivity index (χ0v) is 28.6. The van der Waals surface area contributed by atoms with E-state index in [1.165, 1.54) is 12.8 Å². The molecule has 0 aromatic heterocycles. The van der Waals surface area contributed by atoms with Gasteiger partial charge < -0.3 is 35.0 Å². The SMILES string of the molecule is C[C@@H]1CCCCO[C@@H](CN(C)C(=O)C2CCCCC2)[C@@H](C)CN([C@@H](C)CO)C(=O)c2cc(NC(=O)NC3CCCCC3)ccc2O1. The lowest BCUT2D eigenvalue weighted by molar-refractivity contribution is -0.137. The van der Waals surface area contributed by atoms with Crippen LogP contribution < -0.4 is 15.4 Å². The van der Waals surface area contributed by atoms with Crippen molar-refractivity contribution in [3.05, 3.63) is 23.8 Å². The van der Waals surface area contributed by atoms with Crippen LogP contribution in [0.25, 0.3) is 0 Å². The van der Waals surface area contributed by atoms with Crippen LogP contribution in [0.4, 0.5) is 10.5 Å². The van der Waals surface area contributed by atoms with Crippen LogP contribution in [0.3, 0.4) is 0 Å². The number of nitrogens with one attached hydrogen (secondary N) is 2. The highest BCUT2D eigenvalue weighted by atomic mass is 16.5. The molecular weight excluding hydrogens is 584 g/mol. The molecule has 2 saturated carbocycles. The van der Waals surface area contributed by atoms with E-state index in [1.807, 2.05) is 32.7 Å². The Morgan fingerprint density at radius 3 is 2.37 bits per heavy atom. The largest absolute Gasteiger partial charge is 0.490 e. The Kier molecular flexibility index (Phi) is 14.0. The molecule has 10 heteroatoms. The maximum Gasteiger partial charge on any atom is 0.319 e. The Morgan fingerprint density at radius 1 is 1.00 bits per heavy atom. The zero-order valence-electron chi connectivity index (χ0n) is 28.6. The number of rotatable bonds is 7. The highest BCUT2D eigenvalue weighted by molar-refractivity contribution is 5.99. The molecule has 0 spiro atoms. The number of amides is 4. The summed E-state index contributed by atoms with van der Waals surface area (Å²) in [5.74, 6) is 0.313. The maximum absolute atomic E-state index is 14.4. The number of hydrogen-bond donors (Lipinski definition) is 3. The Labute approximate surface area is 275 Å². The van der Waals surface area contributed by atoms with Gasteiger partial charge in [0.1, 0.15) is 5.75 Å². The lowest BCUT2D eigenvalue weighted by Gasteiger charge is -2.36. The predicted octanol–water partition coefficient (Wildman–Crippen LogP) is 5.98. The van der Waals surface area contributed by atoms with E-state index in [0.717, 1.165) is 70.6 Å². The third-order valence-electron chi connectivity index (χ3n) is 10.0. The lowest BCUT2D eigenvalue weighted by atomic mass is 9.88. The summed E-state index contributed by atoms with van der Waals surface area (Å²) in [7, 11) is 1.87. The second-order valence-electron chi connectivity index (χ2n) is 14.0. The van der Waals surface area contributed by atoms with Crippen LogP contribution in [0.1, 0.15) is 115 Å². The molecular formula is C36H58N4O6. The number of aliphatic hydroxyl groups is 1. The van der Waals surface area contributed by atoms with Gasteiger partial charge in [0.2, 0.25) is 5.91 Å². The van der Waals surface area contributed by atoms with Crippen molar-refractivity contribution in [3.63, 3.8) is 0 Å². The van der Waals surface area contributed by atoms with Gasteiger partial charge in [-0.1, -0.05) is 45.4 Å². The first-order valence-electron chi connectivity index (χ1n) is 17.8. The smallest absolute Gasteiger partial charge is 0.319 e. The van der Waals surface area contributed by atoms with Crippen LogP contribution in [-0.4, -0.2) is 90.4 Å². The Morgan fingerprint density at radius 2 is 1.67 bits per heavy atom. The van der Waals surface area contributed by atoms with Gasteiger partial charge in [0.15, 0.2) is 0 Å². The van der Waals surface area contributed by atoms with E-state index in [9.17, 15) is 19.5 Å². The van der Waals surface area contributed by atoms with E-state index in [1.54, 1.807) is 23.1 Å². The molecule has 0 bridgehead atoms. The number of carbonyl (C=O) groups is 3. The first-order valence-corrected chi connectivity index (χ1v) is 17.8. The van der Waals surface area contributed by atoms with Gasteiger partial charge >= 0.3 is 6.03 Å². The highest BCUT2D eigenvalue weighted by Gasteiger charge is 2.32. The Balaban J connectivity index is 1.56. The van der Waals surface area contributed by atoms with E-state index < -0.39 is 6.04 Å². The van der Waals surface area contributed by atoms with Gasteiger partial charge in [0.05, 0.1) is 30.4 Å². The summed E-state index contributed by atoms with van der Waals surface area (Å²) < 4.78 is 12.8. The molecule has 46 heavy (non-hydrogen) atoms. The van der Waals surface area contributed by atoms with Crippen LogP contribution in [-0.2, 0) is 9.53 Å². The second kappa shape index (κ2) is 17.9. The highest BCUT2D eigenvalue weighted by Crippen LogP contribution is 2.29. The number of urea groups is 1. The average molecular weight is 643 g/mol. The van der Waals surface area contributed by atoms with Crippen LogP contribution >= 0.6 is 0 Å². The quantitative estimate of drug-likeness (QED) is 0.337. The van der Waals surface area contributed by atoms with E-state index in [0.29, 0.717) is 36.7 Å². The maximum atomic E-state index is 14.4. The summed E-state index contributed by atoms with van der Waals surface area (Å²) in [6, 6.07) is 4.62. The van der Waals surface area contributed by atoms with Crippen LogP contribution in [0, 0.1) is 11.8 Å². The van der Waals surface area contributed by atoms with Gasteiger partial charge in [-0.05, 0) is 77.0 Å². The summed E-state index contributed by atoms with van der Waals surface area (Å²) >= 11 is 0. The van der Waals surface area contributed by atoms with Gasteiger partial charge in [0, 0.05) is 50.3 Å². The molecule has 4 amide bonds. The molecule has 10 nitrogen and oxygen atoms in total. The predicted molar refractivity (Wildman–Crippen MR) is 180 cm³/mol. The molecule has 0 unspecified atom stereocenters. The Bertz CT molecular complexity index is 1140. The first-order chi connectivity index (χ1) is 22.2. The third-order valence-corrected chi connectivity index (χ3v) is 10.0. The third kappa shape index (κ3) is 10.3. The molecule has 1 heterocycles. The van der Waals surface area contributed by atoms with Gasteiger partial charge in [-0.15, -0.1) is 0 Å². The summed E-state index contributed by atoms with van der Waals surface area (Å²) in [5, 5.41) is 16.2. The fraction of sp³-hybridized carbons (Fsp3) is 0.750. The molecule has 3 N–H and O–H groups in total. The fourth-order valence-electron chi connectivity index (χ4n) is 7.08. The molecule has 0 radical (unpaired) electrons.